The molecular formula is C8H6FNO3. The van der Waals surface area contributed by atoms with E-state index in [1.807, 2.05) is 0 Å². The maximum atomic E-state index is 13.7. The number of nitrogens with zero attached hydrogens (tertiary/aromatic N) is 1. The van der Waals surface area contributed by atoms with Crippen molar-refractivity contribution < 1.29 is 19.0 Å². The molecule has 0 saturated carbocycles. The Morgan fingerprint density at radius 1 is 1.77 bits per heavy atom. The van der Waals surface area contributed by atoms with Crippen LogP contribution in [0.4, 0.5) is 4.39 Å². The van der Waals surface area contributed by atoms with Crippen molar-refractivity contribution in [2.45, 2.75) is 5.67 Å². The van der Waals surface area contributed by atoms with Crippen LogP contribution in [-0.4, -0.2) is 22.7 Å². The number of alkyl halides is 1. The summed E-state index contributed by atoms with van der Waals surface area (Å²) < 4.78 is 18.5. The molecule has 1 aromatic rings. The number of carboxylic acid groups (broad SMARTS) is 1. The summed E-state index contributed by atoms with van der Waals surface area (Å²) in [6, 6.07) is 2.84. The predicted octanol–water partition coefficient (Wildman–Crippen LogP) is 0.723. The lowest BCUT2D eigenvalue weighted by atomic mass is 10.0. The maximum Gasteiger partial charge on any atom is 0.350 e. The van der Waals surface area contributed by atoms with Crippen LogP contribution in [0.3, 0.4) is 0 Å². The highest BCUT2D eigenvalue weighted by atomic mass is 19.1. The molecule has 1 aromatic heterocycles. The van der Waals surface area contributed by atoms with Gasteiger partial charge in [0.1, 0.15) is 6.61 Å². The van der Waals surface area contributed by atoms with Crippen LogP contribution in [0, 0.1) is 0 Å². The summed E-state index contributed by atoms with van der Waals surface area (Å²) in [4.78, 5) is 14.3. The first-order valence-electron chi connectivity index (χ1n) is 3.65. The Morgan fingerprint density at radius 3 is 3.23 bits per heavy atom. The molecule has 5 heteroatoms. The average molecular weight is 183 g/mol. The third-order valence-corrected chi connectivity index (χ3v) is 1.94. The first kappa shape index (κ1) is 7.97. The van der Waals surface area contributed by atoms with Crippen molar-refractivity contribution in [2.24, 2.45) is 0 Å². The van der Waals surface area contributed by atoms with Crippen LogP contribution < -0.4 is 4.74 Å². The van der Waals surface area contributed by atoms with Crippen LogP contribution >= 0.6 is 0 Å². The van der Waals surface area contributed by atoms with E-state index in [9.17, 15) is 9.18 Å². The van der Waals surface area contributed by atoms with Gasteiger partial charge in [-0.25, -0.2) is 14.2 Å². The zero-order valence-corrected chi connectivity index (χ0v) is 6.53. The molecule has 0 bridgehead atoms. The number of rotatable bonds is 1. The van der Waals surface area contributed by atoms with Gasteiger partial charge in [-0.2, -0.15) is 0 Å². The van der Waals surface area contributed by atoms with Crippen molar-refractivity contribution in [1.29, 1.82) is 0 Å². The number of ether oxygens (including phenoxy) is 1. The topological polar surface area (TPSA) is 59.4 Å². The van der Waals surface area contributed by atoms with Crippen LogP contribution in [0.5, 0.6) is 5.88 Å². The van der Waals surface area contributed by atoms with Crippen molar-refractivity contribution >= 4 is 5.97 Å². The summed E-state index contributed by atoms with van der Waals surface area (Å²) in [6.45, 7) is -0.505. The van der Waals surface area contributed by atoms with Crippen molar-refractivity contribution in [3.8, 4) is 5.88 Å². The Hall–Kier alpha value is -1.65. The lowest BCUT2D eigenvalue weighted by Gasteiger charge is -2.10. The summed E-state index contributed by atoms with van der Waals surface area (Å²) in [5, 5.41) is 8.64. The second-order valence-electron chi connectivity index (χ2n) is 2.75. The Morgan fingerprint density at radius 2 is 2.54 bits per heavy atom. The number of halogens is 1. The summed E-state index contributed by atoms with van der Waals surface area (Å²) in [5.74, 6) is -1.48. The number of aromatic nitrogens is 1. The molecule has 13 heavy (non-hydrogen) atoms. The lowest BCUT2D eigenvalue weighted by Crippen LogP contribution is -2.32. The van der Waals surface area contributed by atoms with Gasteiger partial charge in [0.2, 0.25) is 5.88 Å². The molecule has 2 rings (SSSR count). The van der Waals surface area contributed by atoms with Crippen LogP contribution in [0.2, 0.25) is 0 Å². The van der Waals surface area contributed by atoms with E-state index in [1.165, 1.54) is 18.3 Å². The van der Waals surface area contributed by atoms with Gasteiger partial charge < -0.3 is 9.84 Å². The van der Waals surface area contributed by atoms with E-state index >= 15 is 0 Å². The van der Waals surface area contributed by atoms with E-state index in [-0.39, 0.29) is 11.4 Å². The molecule has 68 valence electrons. The van der Waals surface area contributed by atoms with E-state index < -0.39 is 18.2 Å². The second-order valence-corrected chi connectivity index (χ2v) is 2.75. The molecule has 2 heterocycles. The fourth-order valence-corrected chi connectivity index (χ4v) is 1.23. The zero-order valence-electron chi connectivity index (χ0n) is 6.53. The number of hydrogen-bond donors (Lipinski definition) is 1. The van der Waals surface area contributed by atoms with E-state index in [0.29, 0.717) is 0 Å². The number of pyridine rings is 1. The second kappa shape index (κ2) is 2.42. The standard InChI is InChI=1S/C8H6FNO3/c9-8(7(11)12)4-13-6-5(8)2-1-3-10-6/h1-3H,4H2,(H,11,12)/t8-/m1/s1. The smallest absolute Gasteiger partial charge is 0.350 e. The third-order valence-electron chi connectivity index (χ3n) is 1.94. The molecule has 4 nitrogen and oxygen atoms in total. The summed E-state index contributed by atoms with van der Waals surface area (Å²) in [5.41, 5.74) is -2.45. The van der Waals surface area contributed by atoms with Gasteiger partial charge in [0.15, 0.2) is 0 Å². The van der Waals surface area contributed by atoms with Crippen LogP contribution in [0.15, 0.2) is 18.3 Å². The quantitative estimate of drug-likeness (QED) is 0.697. The molecule has 0 aliphatic carbocycles. The SMILES string of the molecule is O=C(O)[C@@]1(F)COc2ncccc21. The van der Waals surface area contributed by atoms with Crippen molar-refractivity contribution in [2.75, 3.05) is 6.61 Å². The number of fused-ring (bicyclic) bond motifs is 1. The minimum absolute atomic E-state index is 0.0116. The molecule has 1 aliphatic heterocycles. The lowest BCUT2D eigenvalue weighted by molar-refractivity contribution is -0.152. The Kier molecular flexibility index (Phi) is 1.48. The van der Waals surface area contributed by atoms with Crippen molar-refractivity contribution in [3.63, 3.8) is 0 Å². The molecule has 0 spiro atoms. The number of carboxylic acids is 1. The molecule has 0 unspecified atom stereocenters. The Balaban J connectivity index is 2.55. The molecule has 0 fully saturated rings. The van der Waals surface area contributed by atoms with Gasteiger partial charge in [-0.3, -0.25) is 0 Å². The molecule has 0 saturated heterocycles. The first-order chi connectivity index (χ1) is 6.14. The minimum atomic E-state index is -2.44. The largest absolute Gasteiger partial charge is 0.479 e. The van der Waals surface area contributed by atoms with E-state index in [4.69, 9.17) is 9.84 Å². The van der Waals surface area contributed by atoms with Gasteiger partial charge in [-0.1, -0.05) is 0 Å². The van der Waals surface area contributed by atoms with Gasteiger partial charge in [-0.15, -0.1) is 0 Å². The van der Waals surface area contributed by atoms with E-state index in [1.54, 1.807) is 0 Å². The van der Waals surface area contributed by atoms with Crippen LogP contribution in [-0.2, 0) is 10.5 Å². The first-order valence-corrected chi connectivity index (χ1v) is 3.65. The maximum absolute atomic E-state index is 13.7. The highest BCUT2D eigenvalue weighted by Crippen LogP contribution is 2.38. The highest BCUT2D eigenvalue weighted by molar-refractivity contribution is 5.81. The van der Waals surface area contributed by atoms with E-state index in [0.717, 1.165) is 0 Å². The molecular weight excluding hydrogens is 177 g/mol. The highest BCUT2D eigenvalue weighted by Gasteiger charge is 2.49. The molecule has 1 N–H and O–H groups in total. The fourth-order valence-electron chi connectivity index (χ4n) is 1.23. The van der Waals surface area contributed by atoms with Crippen molar-refractivity contribution in [3.05, 3.63) is 23.9 Å². The molecule has 0 aromatic carbocycles. The number of hydrogen-bond acceptors (Lipinski definition) is 3. The fraction of sp³-hybridized carbons (Fsp3) is 0.250. The van der Waals surface area contributed by atoms with Gasteiger partial charge in [-0.05, 0) is 12.1 Å². The van der Waals surface area contributed by atoms with Crippen LogP contribution in [0.25, 0.3) is 0 Å². The van der Waals surface area contributed by atoms with Gasteiger partial charge in [0.25, 0.3) is 5.67 Å². The van der Waals surface area contributed by atoms with Gasteiger partial charge in [0, 0.05) is 6.20 Å². The zero-order chi connectivity index (χ0) is 9.47. The summed E-state index contributed by atoms with van der Waals surface area (Å²) >= 11 is 0. The van der Waals surface area contributed by atoms with E-state index in [2.05, 4.69) is 4.98 Å². The van der Waals surface area contributed by atoms with Gasteiger partial charge in [0.05, 0.1) is 5.56 Å². The van der Waals surface area contributed by atoms with Gasteiger partial charge >= 0.3 is 5.97 Å². The average Bonchev–Trinajstić information content (AvgIpc) is 2.47. The monoisotopic (exact) mass is 183 g/mol. The normalized spacial score (nSPS) is 25.0. The van der Waals surface area contributed by atoms with Crippen molar-refractivity contribution in [1.82, 2.24) is 4.98 Å². The molecule has 0 amide bonds. The molecule has 0 radical (unpaired) electrons. The Bertz CT molecular complexity index is 368. The minimum Gasteiger partial charge on any atom is -0.479 e. The molecule has 1 aliphatic rings. The number of aliphatic carboxylic acids is 1. The third kappa shape index (κ3) is 0.965. The summed E-state index contributed by atoms with van der Waals surface area (Å²) in [7, 11) is 0. The molecule has 1 atom stereocenters. The number of carbonyl (C=O) groups is 1. The predicted molar refractivity (Wildman–Crippen MR) is 40.2 cm³/mol. The Labute approximate surface area is 73.0 Å². The van der Waals surface area contributed by atoms with Crippen LogP contribution in [0.1, 0.15) is 5.56 Å². The summed E-state index contributed by atoms with van der Waals surface area (Å²) in [6.07, 6.45) is 1.42.